The standard InChI is InChI=1S/C20H17ClFN3O/c21-15-9-7-14(8-10-15)18-12-24(20-6-3-11-25(18)20)13-19(26)23-17-5-2-1-4-16(17)22/h1-2,4-5,7-10,12H,3,6,11,13H2/p+1. The Morgan fingerprint density at radius 3 is 2.73 bits per heavy atom. The number of rotatable bonds is 4. The number of aromatic nitrogens is 2. The second-order valence-corrected chi connectivity index (χ2v) is 6.79. The Balaban J connectivity index is 1.59. The molecule has 1 N–H and O–H groups in total. The van der Waals surface area contributed by atoms with Crippen LogP contribution in [-0.4, -0.2) is 10.5 Å². The summed E-state index contributed by atoms with van der Waals surface area (Å²) in [7, 11) is 0. The van der Waals surface area contributed by atoms with Gasteiger partial charge in [0.25, 0.3) is 11.7 Å². The third kappa shape index (κ3) is 3.22. The van der Waals surface area contributed by atoms with Gasteiger partial charge in [0.05, 0.1) is 18.7 Å². The van der Waals surface area contributed by atoms with Crippen molar-refractivity contribution < 1.29 is 13.8 Å². The molecule has 0 radical (unpaired) electrons. The van der Waals surface area contributed by atoms with Crippen molar-refractivity contribution in [2.75, 3.05) is 5.32 Å². The third-order valence-electron chi connectivity index (χ3n) is 4.60. The molecule has 26 heavy (non-hydrogen) atoms. The van der Waals surface area contributed by atoms with Crippen LogP contribution in [0.25, 0.3) is 11.3 Å². The van der Waals surface area contributed by atoms with Crippen LogP contribution < -0.4 is 9.88 Å². The van der Waals surface area contributed by atoms with Crippen molar-refractivity contribution in [2.24, 2.45) is 0 Å². The monoisotopic (exact) mass is 370 g/mol. The van der Waals surface area contributed by atoms with E-state index < -0.39 is 5.82 Å². The Labute approximate surface area is 155 Å². The van der Waals surface area contributed by atoms with Gasteiger partial charge in [-0.15, -0.1) is 0 Å². The van der Waals surface area contributed by atoms with Gasteiger partial charge in [0.2, 0.25) is 0 Å². The first-order chi connectivity index (χ1) is 12.6. The van der Waals surface area contributed by atoms with Crippen molar-refractivity contribution in [3.63, 3.8) is 0 Å². The zero-order chi connectivity index (χ0) is 18.1. The van der Waals surface area contributed by atoms with Gasteiger partial charge in [0.15, 0.2) is 12.2 Å². The molecule has 3 aromatic rings. The van der Waals surface area contributed by atoms with Crippen molar-refractivity contribution in [1.82, 2.24) is 4.57 Å². The summed E-state index contributed by atoms with van der Waals surface area (Å²) in [5.74, 6) is 0.427. The molecule has 1 aliphatic heterocycles. The number of para-hydroxylation sites is 1. The molecule has 0 saturated carbocycles. The minimum absolute atomic E-state index is 0.150. The minimum Gasteiger partial charge on any atom is -0.320 e. The maximum Gasteiger partial charge on any atom is 0.266 e. The Hall–Kier alpha value is -2.66. The maximum atomic E-state index is 13.7. The molecule has 2 aromatic carbocycles. The largest absolute Gasteiger partial charge is 0.320 e. The van der Waals surface area contributed by atoms with Gasteiger partial charge in [-0.05, 0) is 42.8 Å². The lowest BCUT2D eigenvalue weighted by atomic mass is 10.2. The van der Waals surface area contributed by atoms with E-state index >= 15 is 0 Å². The molecular weight excluding hydrogens is 353 g/mol. The highest BCUT2D eigenvalue weighted by molar-refractivity contribution is 6.30. The first-order valence-electron chi connectivity index (χ1n) is 8.54. The Bertz CT molecular complexity index is 966. The quantitative estimate of drug-likeness (QED) is 0.696. The van der Waals surface area contributed by atoms with E-state index in [1.54, 1.807) is 18.2 Å². The highest BCUT2D eigenvalue weighted by atomic mass is 35.5. The summed E-state index contributed by atoms with van der Waals surface area (Å²) in [5, 5.41) is 3.34. The highest BCUT2D eigenvalue weighted by Gasteiger charge is 2.29. The van der Waals surface area contributed by atoms with Crippen LogP contribution >= 0.6 is 11.6 Å². The number of nitrogens with one attached hydrogen (secondary N) is 1. The molecule has 4 rings (SSSR count). The molecule has 1 amide bonds. The van der Waals surface area contributed by atoms with E-state index in [1.165, 1.54) is 6.07 Å². The SMILES string of the molecule is O=C(C[n+]1cc(-c2ccc(Cl)cc2)n2c1CCC2)Nc1ccccc1F. The van der Waals surface area contributed by atoms with Gasteiger partial charge < -0.3 is 5.32 Å². The van der Waals surface area contributed by atoms with Crippen LogP contribution in [0.3, 0.4) is 0 Å². The van der Waals surface area contributed by atoms with Gasteiger partial charge >= 0.3 is 0 Å². The molecule has 4 nitrogen and oxygen atoms in total. The van der Waals surface area contributed by atoms with E-state index in [0.717, 1.165) is 36.5 Å². The average molecular weight is 371 g/mol. The summed E-state index contributed by atoms with van der Waals surface area (Å²) in [6, 6.07) is 13.9. The predicted molar refractivity (Wildman–Crippen MR) is 98.4 cm³/mol. The molecule has 0 aliphatic carbocycles. The lowest BCUT2D eigenvalue weighted by Gasteiger charge is -2.05. The number of fused-ring (bicyclic) bond motifs is 1. The number of nitrogens with zero attached hydrogens (tertiary/aromatic N) is 2. The van der Waals surface area contributed by atoms with Crippen LogP contribution in [0.5, 0.6) is 0 Å². The number of benzene rings is 2. The lowest BCUT2D eigenvalue weighted by molar-refractivity contribution is -0.690. The Morgan fingerprint density at radius 1 is 1.19 bits per heavy atom. The van der Waals surface area contributed by atoms with Crippen LogP contribution in [0.4, 0.5) is 10.1 Å². The molecule has 0 fully saturated rings. The van der Waals surface area contributed by atoms with Crippen LogP contribution in [-0.2, 0) is 24.3 Å². The molecule has 132 valence electrons. The van der Waals surface area contributed by atoms with Crippen LogP contribution in [0.1, 0.15) is 12.2 Å². The minimum atomic E-state index is -0.435. The third-order valence-corrected chi connectivity index (χ3v) is 4.85. The fourth-order valence-electron chi connectivity index (χ4n) is 3.40. The van der Waals surface area contributed by atoms with Gasteiger partial charge in [0.1, 0.15) is 12.0 Å². The lowest BCUT2D eigenvalue weighted by Crippen LogP contribution is -2.42. The van der Waals surface area contributed by atoms with Gasteiger partial charge in [-0.2, -0.15) is 0 Å². The number of halogens is 2. The Kier molecular flexibility index (Phi) is 4.47. The molecular formula is C20H18ClFN3O+. The van der Waals surface area contributed by atoms with Crippen LogP contribution in [0.2, 0.25) is 5.02 Å². The fourth-order valence-corrected chi connectivity index (χ4v) is 3.53. The number of amides is 1. The number of imidazole rings is 1. The van der Waals surface area contributed by atoms with Crippen molar-refractivity contribution >= 4 is 23.2 Å². The highest BCUT2D eigenvalue weighted by Crippen LogP contribution is 2.26. The van der Waals surface area contributed by atoms with E-state index in [2.05, 4.69) is 9.88 Å². The van der Waals surface area contributed by atoms with Gasteiger partial charge in [0, 0.05) is 10.6 Å². The van der Waals surface area contributed by atoms with E-state index in [4.69, 9.17) is 11.6 Å². The van der Waals surface area contributed by atoms with Crippen LogP contribution in [0, 0.1) is 5.82 Å². The van der Waals surface area contributed by atoms with E-state index in [-0.39, 0.29) is 18.1 Å². The number of carbonyl (C=O) groups is 1. The van der Waals surface area contributed by atoms with Gasteiger partial charge in [-0.1, -0.05) is 23.7 Å². The topological polar surface area (TPSA) is 37.9 Å². The van der Waals surface area contributed by atoms with Crippen molar-refractivity contribution in [3.05, 3.63) is 71.4 Å². The molecule has 6 heteroatoms. The summed E-state index contributed by atoms with van der Waals surface area (Å²) in [4.78, 5) is 12.4. The second kappa shape index (κ2) is 6.92. The molecule has 0 saturated heterocycles. The van der Waals surface area contributed by atoms with Gasteiger partial charge in [-0.25, -0.2) is 13.5 Å². The number of hydrogen-bond donors (Lipinski definition) is 1. The van der Waals surface area contributed by atoms with Crippen LogP contribution in [0.15, 0.2) is 54.7 Å². The van der Waals surface area contributed by atoms with Crippen molar-refractivity contribution in [2.45, 2.75) is 25.9 Å². The Morgan fingerprint density at radius 2 is 1.96 bits per heavy atom. The second-order valence-electron chi connectivity index (χ2n) is 6.35. The first kappa shape index (κ1) is 16.8. The summed E-state index contributed by atoms with van der Waals surface area (Å²) in [6.45, 7) is 1.08. The fraction of sp³-hybridized carbons (Fsp3) is 0.200. The molecule has 1 aliphatic rings. The van der Waals surface area contributed by atoms with E-state index in [1.807, 2.05) is 35.0 Å². The zero-order valence-electron chi connectivity index (χ0n) is 14.1. The molecule has 0 bridgehead atoms. The maximum absolute atomic E-state index is 13.7. The molecule has 1 aromatic heterocycles. The molecule has 0 unspecified atom stereocenters. The molecule has 0 atom stereocenters. The molecule has 0 spiro atoms. The van der Waals surface area contributed by atoms with Crippen molar-refractivity contribution in [3.8, 4) is 11.3 Å². The summed E-state index contributed by atoms with van der Waals surface area (Å²) >= 11 is 5.98. The zero-order valence-corrected chi connectivity index (χ0v) is 14.8. The van der Waals surface area contributed by atoms with Gasteiger partial charge in [-0.3, -0.25) is 4.79 Å². The van der Waals surface area contributed by atoms with E-state index in [0.29, 0.717) is 5.02 Å². The molecule has 2 heterocycles. The van der Waals surface area contributed by atoms with Crippen molar-refractivity contribution in [1.29, 1.82) is 0 Å². The first-order valence-corrected chi connectivity index (χ1v) is 8.92. The summed E-state index contributed by atoms with van der Waals surface area (Å²) in [5.41, 5.74) is 2.32. The number of hydrogen-bond acceptors (Lipinski definition) is 1. The smallest absolute Gasteiger partial charge is 0.266 e. The number of anilines is 1. The van der Waals surface area contributed by atoms with E-state index in [9.17, 15) is 9.18 Å². The normalized spacial score (nSPS) is 12.8. The predicted octanol–water partition coefficient (Wildman–Crippen LogP) is 3.82. The number of carbonyl (C=O) groups excluding carboxylic acids is 1. The summed E-state index contributed by atoms with van der Waals surface area (Å²) in [6.07, 6.45) is 3.95. The summed E-state index contributed by atoms with van der Waals surface area (Å²) < 4.78 is 17.9. The average Bonchev–Trinajstić information content (AvgIpc) is 3.22.